The number of rotatable bonds is 2. The van der Waals surface area contributed by atoms with E-state index in [2.05, 4.69) is 0 Å². The van der Waals surface area contributed by atoms with Crippen molar-refractivity contribution in [2.75, 3.05) is 0 Å². The van der Waals surface area contributed by atoms with Crippen LogP contribution in [0.25, 0.3) is 0 Å². The maximum Gasteiger partial charge on any atom is 0.210 e. The van der Waals surface area contributed by atoms with Crippen LogP contribution in [0.5, 0.6) is 11.5 Å². The fraction of sp³-hybridized carbons (Fsp3) is 0.250. The Morgan fingerprint density at radius 1 is 0.762 bits per heavy atom. The minimum absolute atomic E-state index is 0.00546. The predicted molar refractivity (Wildman–Crippen MR) is 80.6 cm³/mol. The number of phenolic OH excluding ortho intramolecular Hbond substituents is 2. The fourth-order valence-electron chi connectivity index (χ4n) is 2.36. The van der Waals surface area contributed by atoms with Crippen molar-refractivity contribution in [2.45, 2.75) is 37.5 Å². The van der Waals surface area contributed by atoms with Crippen LogP contribution in [0.1, 0.15) is 22.3 Å². The van der Waals surface area contributed by atoms with Crippen LogP contribution in [0.3, 0.4) is 0 Å². The van der Waals surface area contributed by atoms with E-state index in [4.69, 9.17) is 0 Å². The summed E-state index contributed by atoms with van der Waals surface area (Å²) in [5.74, 6) is -0.330. The molecule has 0 heterocycles. The molecule has 2 aromatic carbocycles. The van der Waals surface area contributed by atoms with Gasteiger partial charge in [0.25, 0.3) is 0 Å². The van der Waals surface area contributed by atoms with Gasteiger partial charge in [0.15, 0.2) is 0 Å². The summed E-state index contributed by atoms with van der Waals surface area (Å²) in [7, 11) is -3.89. The van der Waals surface area contributed by atoms with Crippen LogP contribution in [0.4, 0.5) is 0 Å². The van der Waals surface area contributed by atoms with Crippen molar-refractivity contribution < 1.29 is 18.6 Å². The molecule has 0 unspecified atom stereocenters. The molecule has 112 valence electrons. The summed E-state index contributed by atoms with van der Waals surface area (Å²) >= 11 is 0. The summed E-state index contributed by atoms with van der Waals surface area (Å²) in [5.41, 5.74) is 2.39. The average molecular weight is 306 g/mol. The van der Waals surface area contributed by atoms with Crippen molar-refractivity contribution >= 4 is 9.84 Å². The zero-order valence-electron chi connectivity index (χ0n) is 12.4. The van der Waals surface area contributed by atoms with Crippen molar-refractivity contribution in [1.29, 1.82) is 0 Å². The Bertz CT molecular complexity index is 821. The number of benzene rings is 2. The summed E-state index contributed by atoms with van der Waals surface area (Å²) in [6, 6.07) is 6.00. The Morgan fingerprint density at radius 3 is 2.00 bits per heavy atom. The molecule has 0 amide bonds. The van der Waals surface area contributed by atoms with Crippen LogP contribution in [0, 0.1) is 27.7 Å². The van der Waals surface area contributed by atoms with Gasteiger partial charge in [-0.25, -0.2) is 8.42 Å². The second kappa shape index (κ2) is 5.07. The van der Waals surface area contributed by atoms with Gasteiger partial charge in [-0.2, -0.15) is 0 Å². The van der Waals surface area contributed by atoms with E-state index >= 15 is 0 Å². The Morgan fingerprint density at radius 2 is 1.38 bits per heavy atom. The minimum atomic E-state index is -3.89. The molecule has 0 aromatic heterocycles. The first-order valence-corrected chi connectivity index (χ1v) is 7.98. The highest BCUT2D eigenvalue weighted by molar-refractivity contribution is 7.91. The highest BCUT2D eigenvalue weighted by Crippen LogP contribution is 2.35. The second-order valence-corrected chi connectivity index (χ2v) is 7.22. The minimum Gasteiger partial charge on any atom is -0.508 e. The van der Waals surface area contributed by atoms with Gasteiger partial charge in [-0.15, -0.1) is 0 Å². The maximum absolute atomic E-state index is 12.8. The van der Waals surface area contributed by atoms with Crippen molar-refractivity contribution in [3.05, 3.63) is 46.5 Å². The van der Waals surface area contributed by atoms with Gasteiger partial charge >= 0.3 is 0 Å². The second-order valence-electron chi connectivity index (χ2n) is 5.34. The van der Waals surface area contributed by atoms with Gasteiger partial charge in [-0.05, 0) is 62.1 Å². The predicted octanol–water partition coefficient (Wildman–Crippen LogP) is 3.16. The molecule has 0 spiro atoms. The van der Waals surface area contributed by atoms with E-state index < -0.39 is 9.84 Å². The molecule has 0 aliphatic heterocycles. The lowest BCUT2D eigenvalue weighted by Gasteiger charge is -2.13. The lowest BCUT2D eigenvalue weighted by atomic mass is 10.1. The van der Waals surface area contributed by atoms with E-state index in [0.717, 1.165) is 5.56 Å². The van der Waals surface area contributed by atoms with E-state index in [0.29, 0.717) is 16.7 Å². The smallest absolute Gasteiger partial charge is 0.210 e. The fourth-order valence-corrected chi connectivity index (χ4v) is 4.10. The normalized spacial score (nSPS) is 11.6. The van der Waals surface area contributed by atoms with Crippen LogP contribution in [0.2, 0.25) is 0 Å². The van der Waals surface area contributed by atoms with Crippen molar-refractivity contribution in [2.24, 2.45) is 0 Å². The third kappa shape index (κ3) is 2.61. The van der Waals surface area contributed by atoms with Gasteiger partial charge < -0.3 is 10.2 Å². The quantitative estimate of drug-likeness (QED) is 0.893. The van der Waals surface area contributed by atoms with Gasteiger partial charge in [0.1, 0.15) is 16.4 Å². The van der Waals surface area contributed by atoms with Crippen LogP contribution in [-0.4, -0.2) is 18.6 Å². The average Bonchev–Trinajstić information content (AvgIpc) is 2.37. The molecule has 5 heteroatoms. The van der Waals surface area contributed by atoms with Crippen LogP contribution in [0.15, 0.2) is 34.1 Å². The lowest BCUT2D eigenvalue weighted by molar-refractivity contribution is 0.453. The Kier molecular flexibility index (Phi) is 3.72. The van der Waals surface area contributed by atoms with Crippen molar-refractivity contribution in [3.8, 4) is 11.5 Å². The molecule has 2 N–H and O–H groups in total. The molecule has 0 atom stereocenters. The lowest BCUT2D eigenvalue weighted by Crippen LogP contribution is -2.06. The van der Waals surface area contributed by atoms with Crippen LogP contribution < -0.4 is 0 Å². The summed E-state index contributed by atoms with van der Waals surface area (Å²) in [4.78, 5) is -0.128. The first-order valence-electron chi connectivity index (χ1n) is 6.50. The number of sulfone groups is 1. The largest absolute Gasteiger partial charge is 0.508 e. The van der Waals surface area contributed by atoms with Gasteiger partial charge in [0, 0.05) is 0 Å². The molecule has 0 fully saturated rings. The molecule has 4 nitrogen and oxygen atoms in total. The van der Waals surface area contributed by atoms with Gasteiger partial charge in [0.05, 0.1) is 4.90 Å². The summed E-state index contributed by atoms with van der Waals surface area (Å²) in [6.45, 7) is 6.79. The Labute approximate surface area is 124 Å². The SMILES string of the molecule is Cc1cc(C)c(O)c(S(=O)(=O)c2cc(O)c(C)cc2C)c1. The summed E-state index contributed by atoms with van der Waals surface area (Å²) in [6.07, 6.45) is 0. The number of phenols is 2. The van der Waals surface area contributed by atoms with Crippen molar-refractivity contribution in [3.63, 3.8) is 0 Å². The highest BCUT2D eigenvalue weighted by Gasteiger charge is 2.25. The molecule has 0 saturated heterocycles. The molecule has 0 saturated carbocycles. The van der Waals surface area contributed by atoms with Gasteiger partial charge in [0.2, 0.25) is 9.84 Å². The summed E-state index contributed by atoms with van der Waals surface area (Å²) in [5, 5.41) is 19.9. The number of hydrogen-bond acceptors (Lipinski definition) is 4. The first-order chi connectivity index (χ1) is 9.64. The number of aromatic hydroxyl groups is 2. The van der Waals surface area contributed by atoms with E-state index in [1.165, 1.54) is 12.1 Å². The third-order valence-corrected chi connectivity index (χ3v) is 5.39. The van der Waals surface area contributed by atoms with E-state index in [-0.39, 0.29) is 21.3 Å². The molecule has 0 aliphatic carbocycles. The molecular weight excluding hydrogens is 288 g/mol. The molecule has 0 aliphatic rings. The van der Waals surface area contributed by atoms with E-state index in [9.17, 15) is 18.6 Å². The molecule has 0 radical (unpaired) electrons. The monoisotopic (exact) mass is 306 g/mol. The third-order valence-electron chi connectivity index (χ3n) is 3.48. The Balaban J connectivity index is 2.77. The first kappa shape index (κ1) is 15.4. The topological polar surface area (TPSA) is 74.6 Å². The zero-order chi connectivity index (χ0) is 15.9. The van der Waals surface area contributed by atoms with Crippen LogP contribution >= 0.6 is 0 Å². The van der Waals surface area contributed by atoms with E-state index in [1.54, 1.807) is 39.8 Å². The van der Waals surface area contributed by atoms with Crippen LogP contribution in [-0.2, 0) is 9.84 Å². The van der Waals surface area contributed by atoms with Gasteiger partial charge in [-0.1, -0.05) is 12.1 Å². The molecule has 2 rings (SSSR count). The number of hydrogen-bond donors (Lipinski definition) is 2. The molecule has 0 bridgehead atoms. The van der Waals surface area contributed by atoms with Gasteiger partial charge in [-0.3, -0.25) is 0 Å². The molecular formula is C16H18O4S. The zero-order valence-corrected chi connectivity index (χ0v) is 13.2. The molecule has 21 heavy (non-hydrogen) atoms. The number of aryl methyl sites for hydroxylation is 4. The van der Waals surface area contributed by atoms with Crippen molar-refractivity contribution in [1.82, 2.24) is 0 Å². The van der Waals surface area contributed by atoms with E-state index in [1.807, 2.05) is 0 Å². The maximum atomic E-state index is 12.8. The Hall–Kier alpha value is -2.01. The highest BCUT2D eigenvalue weighted by atomic mass is 32.2. The molecule has 2 aromatic rings. The summed E-state index contributed by atoms with van der Waals surface area (Å²) < 4.78 is 25.5. The standard InChI is InChI=1S/C16H18O4S/c1-9-5-12(4)16(18)15(6-9)21(19,20)14-8-13(17)10(2)7-11(14)3/h5-8,17-18H,1-4H3.